The highest BCUT2D eigenvalue weighted by Crippen LogP contribution is 2.42. The normalized spacial score (nSPS) is 14.6. The van der Waals surface area contributed by atoms with Gasteiger partial charge in [0.15, 0.2) is 17.5 Å². The average Bonchev–Trinajstić information content (AvgIpc) is 2.98. The molecule has 1 atom stereocenters. The van der Waals surface area contributed by atoms with E-state index < -0.39 is 41.3 Å². The van der Waals surface area contributed by atoms with Gasteiger partial charge in [0, 0.05) is 17.0 Å². The van der Waals surface area contributed by atoms with Crippen molar-refractivity contribution < 1.29 is 28.7 Å². The largest absolute Gasteiger partial charge is 0.465 e. The molecule has 0 radical (unpaired) electrons. The van der Waals surface area contributed by atoms with Crippen LogP contribution in [0.25, 0.3) is 0 Å². The summed E-state index contributed by atoms with van der Waals surface area (Å²) in [5.41, 5.74) is 1.13. The fourth-order valence-electron chi connectivity index (χ4n) is 3.80. The van der Waals surface area contributed by atoms with Gasteiger partial charge in [0.05, 0.1) is 19.1 Å². The highest BCUT2D eigenvalue weighted by molar-refractivity contribution is 6.27. The summed E-state index contributed by atoms with van der Waals surface area (Å²) in [7, 11) is 0. The van der Waals surface area contributed by atoms with Gasteiger partial charge in [-0.3, -0.25) is 19.2 Å². The number of fused-ring (bicyclic) bond motifs is 1. The van der Waals surface area contributed by atoms with E-state index in [0.29, 0.717) is 16.7 Å². The summed E-state index contributed by atoms with van der Waals surface area (Å²) in [4.78, 5) is 51.9. The number of esters is 2. The number of carbonyl (C=O) groups is 4. The van der Waals surface area contributed by atoms with Gasteiger partial charge in [0.2, 0.25) is 0 Å². The van der Waals surface area contributed by atoms with Gasteiger partial charge in [-0.25, -0.2) is 0 Å². The lowest BCUT2D eigenvalue weighted by molar-refractivity contribution is -0.163. The molecule has 0 saturated heterocycles. The molecule has 2 aromatic carbocycles. The van der Waals surface area contributed by atoms with Gasteiger partial charge >= 0.3 is 11.9 Å². The molecule has 6 nitrogen and oxygen atoms in total. The molecule has 0 saturated carbocycles. The summed E-state index contributed by atoms with van der Waals surface area (Å²) < 4.78 is 10.2. The molecule has 0 N–H and O–H groups in total. The first-order chi connectivity index (χ1) is 14.0. The van der Waals surface area contributed by atoms with Gasteiger partial charge in [0.25, 0.3) is 0 Å². The maximum atomic E-state index is 13.2. The number of rotatable bonds is 7. The molecule has 29 heavy (non-hydrogen) atoms. The van der Waals surface area contributed by atoms with E-state index in [1.54, 1.807) is 68.4 Å². The minimum Gasteiger partial charge on any atom is -0.465 e. The van der Waals surface area contributed by atoms with Gasteiger partial charge in [-0.2, -0.15) is 0 Å². The average molecular weight is 394 g/mol. The third kappa shape index (κ3) is 3.83. The van der Waals surface area contributed by atoms with Crippen molar-refractivity contribution in [3.63, 3.8) is 0 Å². The van der Waals surface area contributed by atoms with E-state index in [9.17, 15) is 19.2 Å². The zero-order valence-electron chi connectivity index (χ0n) is 16.3. The van der Waals surface area contributed by atoms with Crippen LogP contribution in [0.15, 0.2) is 54.6 Å². The van der Waals surface area contributed by atoms with E-state index in [2.05, 4.69) is 0 Å². The highest BCUT2D eigenvalue weighted by atomic mass is 16.6. The van der Waals surface area contributed by atoms with Crippen molar-refractivity contribution >= 4 is 23.5 Å². The lowest BCUT2D eigenvalue weighted by atomic mass is 9.74. The van der Waals surface area contributed by atoms with Crippen molar-refractivity contribution in [1.82, 2.24) is 0 Å². The van der Waals surface area contributed by atoms with Crippen LogP contribution in [0.2, 0.25) is 0 Å². The molecular weight excluding hydrogens is 372 g/mol. The van der Waals surface area contributed by atoms with E-state index in [0.717, 1.165) is 0 Å². The molecule has 1 unspecified atom stereocenters. The molecule has 0 fully saturated rings. The van der Waals surface area contributed by atoms with Gasteiger partial charge in [-0.05, 0) is 19.4 Å². The first-order valence-electron chi connectivity index (χ1n) is 9.56. The summed E-state index contributed by atoms with van der Waals surface area (Å²) >= 11 is 0. The number of ketones is 2. The van der Waals surface area contributed by atoms with Crippen LogP contribution in [-0.4, -0.2) is 36.7 Å². The summed E-state index contributed by atoms with van der Waals surface area (Å²) in [6.07, 6.45) is 0. The van der Waals surface area contributed by atoms with Crippen LogP contribution < -0.4 is 0 Å². The third-order valence-corrected chi connectivity index (χ3v) is 5.01. The van der Waals surface area contributed by atoms with E-state index in [4.69, 9.17) is 9.47 Å². The van der Waals surface area contributed by atoms with Crippen molar-refractivity contribution in [2.45, 2.75) is 19.8 Å². The fraction of sp³-hybridized carbons (Fsp3) is 0.304. The molecule has 1 aliphatic carbocycles. The Morgan fingerprint density at radius 3 is 1.69 bits per heavy atom. The number of benzene rings is 2. The van der Waals surface area contributed by atoms with Crippen molar-refractivity contribution in [3.8, 4) is 0 Å². The van der Waals surface area contributed by atoms with Gasteiger partial charge < -0.3 is 9.47 Å². The Bertz CT molecular complexity index is 880. The van der Waals surface area contributed by atoms with E-state index >= 15 is 0 Å². The Morgan fingerprint density at radius 2 is 1.24 bits per heavy atom. The van der Waals surface area contributed by atoms with E-state index in [1.807, 2.05) is 0 Å². The van der Waals surface area contributed by atoms with Crippen LogP contribution in [0.4, 0.5) is 0 Å². The molecule has 6 heteroatoms. The first-order valence-corrected chi connectivity index (χ1v) is 9.56. The smallest absolute Gasteiger partial charge is 0.320 e. The molecule has 0 spiro atoms. The molecule has 0 aliphatic heterocycles. The van der Waals surface area contributed by atoms with Crippen LogP contribution in [0.1, 0.15) is 46.0 Å². The molecule has 150 valence electrons. The Balaban J connectivity index is 2.15. The minimum absolute atomic E-state index is 0.0586. The molecular formula is C23H22O6. The van der Waals surface area contributed by atoms with Crippen LogP contribution in [-0.2, 0) is 19.1 Å². The number of hydrogen-bond acceptors (Lipinski definition) is 6. The fourth-order valence-corrected chi connectivity index (χ4v) is 3.80. The Kier molecular flexibility index (Phi) is 6.22. The van der Waals surface area contributed by atoms with E-state index in [1.165, 1.54) is 0 Å². The van der Waals surface area contributed by atoms with Crippen molar-refractivity contribution in [2.24, 2.45) is 11.8 Å². The zero-order valence-corrected chi connectivity index (χ0v) is 16.3. The Morgan fingerprint density at radius 1 is 0.793 bits per heavy atom. The van der Waals surface area contributed by atoms with E-state index in [-0.39, 0.29) is 13.2 Å². The van der Waals surface area contributed by atoms with Crippen LogP contribution in [0.3, 0.4) is 0 Å². The summed E-state index contributed by atoms with van der Waals surface area (Å²) in [5.74, 6) is -6.08. The molecule has 2 aromatic rings. The second kappa shape index (κ2) is 8.82. The van der Waals surface area contributed by atoms with Crippen molar-refractivity contribution in [1.29, 1.82) is 0 Å². The molecule has 1 aliphatic rings. The third-order valence-electron chi connectivity index (χ3n) is 5.01. The molecule has 0 aromatic heterocycles. The number of carbonyl (C=O) groups excluding carboxylic acids is 4. The second-order valence-electron chi connectivity index (χ2n) is 6.67. The lowest BCUT2D eigenvalue weighted by Crippen LogP contribution is -2.39. The number of hydrogen-bond donors (Lipinski definition) is 0. The standard InChI is InChI=1S/C23H22O6/c1-3-28-22(26)19(23(27)29-4-2)17(14-10-6-5-7-11-14)18-20(24)15-12-8-9-13-16(15)21(18)25/h5-13,17-19H,3-4H2,1-2H3. The minimum atomic E-state index is -1.43. The lowest BCUT2D eigenvalue weighted by Gasteiger charge is -2.28. The molecule has 3 rings (SSSR count). The topological polar surface area (TPSA) is 86.7 Å². The molecule has 0 amide bonds. The second-order valence-corrected chi connectivity index (χ2v) is 6.67. The quantitative estimate of drug-likeness (QED) is 0.529. The molecule has 0 bridgehead atoms. The van der Waals surface area contributed by atoms with Gasteiger partial charge in [-0.1, -0.05) is 54.6 Å². The maximum absolute atomic E-state index is 13.2. The highest BCUT2D eigenvalue weighted by Gasteiger charge is 2.51. The van der Waals surface area contributed by atoms with Crippen LogP contribution >= 0.6 is 0 Å². The Hall–Kier alpha value is -3.28. The maximum Gasteiger partial charge on any atom is 0.320 e. The predicted molar refractivity (Wildman–Crippen MR) is 105 cm³/mol. The number of Topliss-reactive ketones (excluding diaryl/α,β-unsaturated/α-hetero) is 2. The molecule has 0 heterocycles. The van der Waals surface area contributed by atoms with Gasteiger partial charge in [-0.15, -0.1) is 0 Å². The van der Waals surface area contributed by atoms with Crippen molar-refractivity contribution in [2.75, 3.05) is 13.2 Å². The summed E-state index contributed by atoms with van der Waals surface area (Å²) in [6.45, 7) is 3.37. The zero-order chi connectivity index (χ0) is 21.0. The predicted octanol–water partition coefficient (Wildman–Crippen LogP) is 3.21. The van der Waals surface area contributed by atoms with Gasteiger partial charge in [0.1, 0.15) is 0 Å². The SMILES string of the molecule is CCOC(=O)C(C(=O)OCC)C(c1ccccc1)C1C(=O)c2ccccc2C1=O. The van der Waals surface area contributed by atoms with Crippen molar-refractivity contribution in [3.05, 3.63) is 71.3 Å². The monoisotopic (exact) mass is 394 g/mol. The summed E-state index contributed by atoms with van der Waals surface area (Å²) in [6, 6.07) is 15.1. The summed E-state index contributed by atoms with van der Waals surface area (Å²) in [5, 5.41) is 0. The number of ether oxygens (including phenoxy) is 2. The van der Waals surface area contributed by atoms with Crippen LogP contribution in [0, 0.1) is 11.8 Å². The Labute approximate surface area is 168 Å². The first kappa shape index (κ1) is 20.5. The van der Waals surface area contributed by atoms with Crippen LogP contribution in [0.5, 0.6) is 0 Å².